The molecule has 0 atom stereocenters. The van der Waals surface area contributed by atoms with E-state index in [0.29, 0.717) is 16.7 Å². The average Bonchev–Trinajstić information content (AvgIpc) is 2.48. The highest BCUT2D eigenvalue weighted by Crippen LogP contribution is 2.04. The first-order valence-corrected chi connectivity index (χ1v) is 5.61. The van der Waals surface area contributed by atoms with Gasteiger partial charge < -0.3 is 0 Å². The van der Waals surface area contributed by atoms with Crippen LogP contribution in [-0.2, 0) is 0 Å². The molecule has 0 unspecified atom stereocenters. The highest BCUT2D eigenvalue weighted by molar-refractivity contribution is 6.10. The van der Waals surface area contributed by atoms with Crippen molar-refractivity contribution in [1.82, 2.24) is 5.32 Å². The van der Waals surface area contributed by atoms with Gasteiger partial charge in [-0.25, -0.2) is 0 Å². The highest BCUT2D eigenvalue weighted by atomic mass is 16.2. The van der Waals surface area contributed by atoms with Crippen molar-refractivity contribution in [2.45, 2.75) is 0 Å². The number of nitriles is 1. The van der Waals surface area contributed by atoms with Crippen molar-refractivity contribution < 1.29 is 9.59 Å². The van der Waals surface area contributed by atoms with E-state index in [1.54, 1.807) is 30.3 Å². The van der Waals surface area contributed by atoms with Gasteiger partial charge >= 0.3 is 0 Å². The zero-order valence-electron chi connectivity index (χ0n) is 9.96. The van der Waals surface area contributed by atoms with Crippen molar-refractivity contribution in [2.75, 3.05) is 0 Å². The molecule has 2 rings (SSSR count). The lowest BCUT2D eigenvalue weighted by Gasteiger charge is -2.04. The van der Waals surface area contributed by atoms with E-state index in [1.165, 1.54) is 24.3 Å². The third-order valence-corrected chi connectivity index (χ3v) is 2.54. The predicted molar refractivity (Wildman–Crippen MR) is 69.4 cm³/mol. The second-order valence-electron chi connectivity index (χ2n) is 3.84. The molecule has 92 valence electrons. The Labute approximate surface area is 110 Å². The van der Waals surface area contributed by atoms with E-state index in [4.69, 9.17) is 5.26 Å². The number of hydrogen-bond donors (Lipinski definition) is 1. The summed E-state index contributed by atoms with van der Waals surface area (Å²) in [6.45, 7) is 0. The van der Waals surface area contributed by atoms with Crippen molar-refractivity contribution in [1.29, 1.82) is 5.26 Å². The maximum absolute atomic E-state index is 11.8. The molecule has 1 N–H and O–H groups in total. The van der Waals surface area contributed by atoms with Gasteiger partial charge in [0.2, 0.25) is 0 Å². The Morgan fingerprint density at radius 1 is 0.842 bits per heavy atom. The van der Waals surface area contributed by atoms with Crippen molar-refractivity contribution >= 4 is 11.8 Å². The maximum atomic E-state index is 11.8. The summed E-state index contributed by atoms with van der Waals surface area (Å²) in [5, 5.41) is 10.9. The molecule has 0 saturated heterocycles. The molecule has 0 aliphatic heterocycles. The predicted octanol–water partition coefficient (Wildman–Crippen LogP) is 2.13. The first-order chi connectivity index (χ1) is 9.20. The molecule has 0 spiro atoms. The SMILES string of the molecule is N#Cc1ccc(C(=O)NC(=O)c2ccccc2)cc1. The summed E-state index contributed by atoms with van der Waals surface area (Å²) in [6.07, 6.45) is 0. The lowest BCUT2D eigenvalue weighted by Crippen LogP contribution is -2.30. The van der Waals surface area contributed by atoms with Gasteiger partial charge in [0.1, 0.15) is 0 Å². The summed E-state index contributed by atoms with van der Waals surface area (Å²) < 4.78 is 0. The second-order valence-corrected chi connectivity index (χ2v) is 3.84. The van der Waals surface area contributed by atoms with Crippen molar-refractivity contribution in [3.8, 4) is 6.07 Å². The number of benzene rings is 2. The largest absolute Gasteiger partial charge is 0.288 e. The Morgan fingerprint density at radius 2 is 1.37 bits per heavy atom. The number of carbonyl (C=O) groups excluding carboxylic acids is 2. The van der Waals surface area contributed by atoms with Crippen LogP contribution in [0.5, 0.6) is 0 Å². The fraction of sp³-hybridized carbons (Fsp3) is 0. The van der Waals surface area contributed by atoms with Crippen LogP contribution in [0.15, 0.2) is 54.6 Å². The van der Waals surface area contributed by atoms with E-state index in [1.807, 2.05) is 6.07 Å². The van der Waals surface area contributed by atoms with Crippen LogP contribution in [0.25, 0.3) is 0 Å². The van der Waals surface area contributed by atoms with Crippen LogP contribution in [0.1, 0.15) is 26.3 Å². The molecule has 2 amide bonds. The summed E-state index contributed by atoms with van der Waals surface area (Å²) in [4.78, 5) is 23.6. The molecule has 2 aromatic carbocycles. The zero-order valence-corrected chi connectivity index (χ0v) is 9.96. The lowest BCUT2D eigenvalue weighted by molar-refractivity contribution is 0.0849. The van der Waals surface area contributed by atoms with Crippen LogP contribution < -0.4 is 5.32 Å². The van der Waals surface area contributed by atoms with Gasteiger partial charge in [0, 0.05) is 11.1 Å². The molecule has 0 aliphatic carbocycles. The van der Waals surface area contributed by atoms with E-state index in [0.717, 1.165) is 0 Å². The Bertz CT molecular complexity index is 640. The average molecular weight is 250 g/mol. The lowest BCUT2D eigenvalue weighted by atomic mass is 10.1. The summed E-state index contributed by atoms with van der Waals surface area (Å²) in [5.41, 5.74) is 1.22. The number of carbonyl (C=O) groups is 2. The summed E-state index contributed by atoms with van der Waals surface area (Å²) in [7, 11) is 0. The Kier molecular flexibility index (Phi) is 3.70. The summed E-state index contributed by atoms with van der Waals surface area (Å²) in [6, 6.07) is 16.5. The molecular formula is C15H10N2O2. The van der Waals surface area contributed by atoms with Crippen LogP contribution >= 0.6 is 0 Å². The molecule has 2 aromatic rings. The fourth-order valence-electron chi connectivity index (χ4n) is 1.53. The fourth-order valence-corrected chi connectivity index (χ4v) is 1.53. The molecule has 4 nitrogen and oxygen atoms in total. The zero-order chi connectivity index (χ0) is 13.7. The van der Waals surface area contributed by atoms with Crippen molar-refractivity contribution in [2.24, 2.45) is 0 Å². The van der Waals surface area contributed by atoms with Gasteiger partial charge in [-0.15, -0.1) is 0 Å². The minimum absolute atomic E-state index is 0.336. The molecule has 0 aromatic heterocycles. The minimum Gasteiger partial charge on any atom is -0.288 e. The van der Waals surface area contributed by atoms with Crippen LogP contribution in [0.2, 0.25) is 0 Å². The monoisotopic (exact) mass is 250 g/mol. The Hall–Kier alpha value is -2.93. The number of nitrogens with zero attached hydrogens (tertiary/aromatic N) is 1. The normalized spacial score (nSPS) is 9.42. The van der Waals surface area contributed by atoms with Crippen LogP contribution in [0.4, 0.5) is 0 Å². The van der Waals surface area contributed by atoms with E-state index < -0.39 is 11.8 Å². The van der Waals surface area contributed by atoms with Gasteiger partial charge in [-0.1, -0.05) is 18.2 Å². The number of amides is 2. The van der Waals surface area contributed by atoms with Gasteiger partial charge in [-0.05, 0) is 36.4 Å². The van der Waals surface area contributed by atoms with E-state index in [9.17, 15) is 9.59 Å². The van der Waals surface area contributed by atoms with Crippen molar-refractivity contribution in [3.05, 3.63) is 71.3 Å². The first kappa shape index (κ1) is 12.5. The van der Waals surface area contributed by atoms with Crippen LogP contribution in [-0.4, -0.2) is 11.8 Å². The van der Waals surface area contributed by atoms with Crippen molar-refractivity contribution in [3.63, 3.8) is 0 Å². The summed E-state index contributed by atoms with van der Waals surface area (Å²) >= 11 is 0. The van der Waals surface area contributed by atoms with Crippen LogP contribution in [0.3, 0.4) is 0 Å². The third kappa shape index (κ3) is 3.05. The molecule has 19 heavy (non-hydrogen) atoms. The molecule has 0 heterocycles. The smallest absolute Gasteiger partial charge is 0.258 e. The molecule has 0 aliphatic rings. The third-order valence-electron chi connectivity index (χ3n) is 2.54. The van der Waals surface area contributed by atoms with E-state index in [-0.39, 0.29) is 0 Å². The molecule has 4 heteroatoms. The van der Waals surface area contributed by atoms with E-state index >= 15 is 0 Å². The Morgan fingerprint density at radius 3 is 1.89 bits per heavy atom. The number of imide groups is 1. The van der Waals surface area contributed by atoms with Crippen LogP contribution in [0, 0.1) is 11.3 Å². The highest BCUT2D eigenvalue weighted by Gasteiger charge is 2.11. The number of nitrogens with one attached hydrogen (secondary N) is 1. The standard InChI is InChI=1S/C15H10N2O2/c16-10-11-6-8-13(9-7-11)15(19)17-14(18)12-4-2-1-3-5-12/h1-9H,(H,17,18,19). The van der Waals surface area contributed by atoms with Gasteiger partial charge in [0.15, 0.2) is 0 Å². The van der Waals surface area contributed by atoms with Gasteiger partial charge in [-0.3, -0.25) is 14.9 Å². The Balaban J connectivity index is 2.09. The first-order valence-electron chi connectivity index (χ1n) is 5.61. The molecule has 0 saturated carbocycles. The van der Waals surface area contributed by atoms with Gasteiger partial charge in [0.25, 0.3) is 11.8 Å². The second kappa shape index (κ2) is 5.61. The number of rotatable bonds is 2. The maximum Gasteiger partial charge on any atom is 0.258 e. The van der Waals surface area contributed by atoms with Gasteiger partial charge in [-0.2, -0.15) is 5.26 Å². The molecule has 0 bridgehead atoms. The summed E-state index contributed by atoms with van der Waals surface area (Å²) in [5.74, 6) is -0.937. The molecular weight excluding hydrogens is 240 g/mol. The van der Waals surface area contributed by atoms with Gasteiger partial charge in [0.05, 0.1) is 11.6 Å². The number of hydrogen-bond acceptors (Lipinski definition) is 3. The minimum atomic E-state index is -0.488. The van der Waals surface area contributed by atoms with E-state index in [2.05, 4.69) is 5.32 Å². The topological polar surface area (TPSA) is 70.0 Å². The quantitative estimate of drug-likeness (QED) is 0.830. The molecule has 0 radical (unpaired) electrons. The molecule has 0 fully saturated rings.